The van der Waals surface area contributed by atoms with Crippen molar-refractivity contribution in [2.45, 2.75) is 23.6 Å². The Morgan fingerprint density at radius 1 is 1.02 bits per heavy atom. The van der Waals surface area contributed by atoms with Gasteiger partial charge in [0.1, 0.15) is 24.2 Å². The molecule has 3 amide bonds. The van der Waals surface area contributed by atoms with Gasteiger partial charge in [0.2, 0.25) is 12.3 Å². The second-order valence-corrected chi connectivity index (χ2v) is 12.1. The van der Waals surface area contributed by atoms with Crippen LogP contribution >= 0.6 is 23.1 Å². The number of anilines is 1. The van der Waals surface area contributed by atoms with E-state index in [9.17, 15) is 19.2 Å². The molecule has 0 aliphatic carbocycles. The molecule has 4 aromatic rings. The number of benzene rings is 2. The molecule has 242 valence electrons. The van der Waals surface area contributed by atoms with Crippen molar-refractivity contribution in [1.29, 1.82) is 0 Å². The molecule has 1 saturated heterocycles. The summed E-state index contributed by atoms with van der Waals surface area (Å²) in [6, 6.07) is 20.1. The van der Waals surface area contributed by atoms with E-state index < -0.39 is 41.3 Å². The third-order valence-electron chi connectivity index (χ3n) is 7.33. The molecule has 2 aliphatic rings. The number of esters is 1. The number of amides is 3. The minimum absolute atomic E-state index is 0.147. The third-order valence-corrected chi connectivity index (χ3v) is 9.29. The Hall–Kier alpha value is -5.67. The zero-order valence-electron chi connectivity index (χ0n) is 25.2. The van der Waals surface area contributed by atoms with Crippen molar-refractivity contribution in [2.75, 3.05) is 12.4 Å². The molecule has 0 spiro atoms. The van der Waals surface area contributed by atoms with Gasteiger partial charge < -0.3 is 25.1 Å². The number of aromatic nitrogens is 3. The normalized spacial score (nSPS) is 18.8. The van der Waals surface area contributed by atoms with Crippen LogP contribution < -0.4 is 10.6 Å². The van der Waals surface area contributed by atoms with Gasteiger partial charge in [-0.05, 0) is 40.3 Å². The molecule has 1 fully saturated rings. The van der Waals surface area contributed by atoms with E-state index in [1.54, 1.807) is 35.9 Å². The number of ether oxygens (including phenoxy) is 1. The summed E-state index contributed by atoms with van der Waals surface area (Å²) in [5, 5.41) is 19.8. The molecule has 2 aromatic heterocycles. The average Bonchev–Trinajstić information content (AvgIpc) is 3.59. The minimum Gasteiger partial charge on any atom is -0.451 e. The second kappa shape index (κ2) is 14.8. The first kappa shape index (κ1) is 32.3. The van der Waals surface area contributed by atoms with E-state index in [1.807, 2.05) is 60.7 Å². The highest BCUT2D eigenvalue weighted by Crippen LogP contribution is 2.42. The van der Waals surface area contributed by atoms with Crippen molar-refractivity contribution >= 4 is 64.2 Å². The molecule has 48 heavy (non-hydrogen) atoms. The summed E-state index contributed by atoms with van der Waals surface area (Å²) in [7, 11) is 1.27. The number of β-lactam (4-membered cyclic amide) rings is 1. The maximum Gasteiger partial charge on any atom is 0.334 e. The first-order valence-electron chi connectivity index (χ1n) is 14.5. The van der Waals surface area contributed by atoms with Crippen LogP contribution in [-0.2, 0) is 28.8 Å². The SMILES string of the molecule is CON=C(C(=O)NC1C(=O)N2C(C(=O)OC(c3ccccc3)c3ccccc3)C(C=Cc3cccnn3)=CS[C@@H]12)c1csc(NC=O)n1. The topological polar surface area (TPSA) is 165 Å². The predicted octanol–water partition coefficient (Wildman–Crippen LogP) is 3.55. The van der Waals surface area contributed by atoms with Crippen molar-refractivity contribution < 1.29 is 28.8 Å². The van der Waals surface area contributed by atoms with Gasteiger partial charge in [0.05, 0.1) is 5.69 Å². The Morgan fingerprint density at radius 2 is 1.75 bits per heavy atom. The number of thiazole rings is 1. The molecule has 2 aliphatic heterocycles. The number of nitrogens with zero attached hydrogens (tertiary/aromatic N) is 5. The number of thioether (sulfide) groups is 1. The van der Waals surface area contributed by atoms with Gasteiger partial charge >= 0.3 is 5.97 Å². The van der Waals surface area contributed by atoms with Crippen LogP contribution in [0.4, 0.5) is 5.13 Å². The van der Waals surface area contributed by atoms with Crippen LogP contribution in [0.2, 0.25) is 0 Å². The summed E-state index contributed by atoms with van der Waals surface area (Å²) in [6.07, 6.45) is 4.68. The Balaban J connectivity index is 1.28. The van der Waals surface area contributed by atoms with E-state index in [4.69, 9.17) is 9.57 Å². The molecular formula is C33H27N7O6S2. The lowest BCUT2D eigenvalue weighted by molar-refractivity contribution is -0.165. The lowest BCUT2D eigenvalue weighted by Crippen LogP contribution is -2.74. The number of hydrogen-bond donors (Lipinski definition) is 2. The van der Waals surface area contributed by atoms with Gasteiger partial charge in [0.15, 0.2) is 23.0 Å². The standard InChI is InChI=1S/C33H27N7O6S2/c1-45-39-25(24-18-48-33(36-24)34-19-41)29(42)37-26-30(43)40-27(22(17-47-31(26)40)14-15-23-13-8-16-35-38-23)32(44)46-28(20-9-4-2-5-10-20)21-11-6-3-7-12-21/h2-19,26-28,31H,1H3,(H,37,42)(H,34,36,41)/t26?,27?,31-/m0/s1. The maximum atomic E-state index is 14.2. The number of carbonyl (C=O) groups is 4. The van der Waals surface area contributed by atoms with Crippen LogP contribution in [0.25, 0.3) is 6.08 Å². The molecule has 0 bridgehead atoms. The molecule has 2 aromatic carbocycles. The summed E-state index contributed by atoms with van der Waals surface area (Å²) < 4.78 is 6.21. The van der Waals surface area contributed by atoms with Gasteiger partial charge in [0.25, 0.3) is 5.91 Å². The monoisotopic (exact) mass is 681 g/mol. The van der Waals surface area contributed by atoms with E-state index in [0.717, 1.165) is 22.5 Å². The van der Waals surface area contributed by atoms with E-state index in [1.165, 1.54) is 29.2 Å². The largest absolute Gasteiger partial charge is 0.451 e. The lowest BCUT2D eigenvalue weighted by atomic mass is 9.96. The summed E-state index contributed by atoms with van der Waals surface area (Å²) in [6.45, 7) is 0. The van der Waals surface area contributed by atoms with Crippen LogP contribution in [0.5, 0.6) is 0 Å². The maximum absolute atomic E-state index is 14.2. The number of nitrogens with one attached hydrogen (secondary N) is 2. The van der Waals surface area contributed by atoms with Crippen molar-refractivity contribution in [2.24, 2.45) is 5.16 Å². The van der Waals surface area contributed by atoms with Crippen molar-refractivity contribution in [1.82, 2.24) is 25.4 Å². The number of hydrogen-bond acceptors (Lipinski definition) is 12. The summed E-state index contributed by atoms with van der Waals surface area (Å²) in [5.41, 5.74) is 2.55. The van der Waals surface area contributed by atoms with Gasteiger partial charge in [-0.15, -0.1) is 23.1 Å². The first-order chi connectivity index (χ1) is 23.5. The fourth-order valence-corrected chi connectivity index (χ4v) is 7.00. The van der Waals surface area contributed by atoms with Gasteiger partial charge in [-0.3, -0.25) is 14.4 Å². The fourth-order valence-electron chi connectivity index (χ4n) is 5.14. The quantitative estimate of drug-likeness (QED) is 0.0743. The predicted molar refractivity (Wildman–Crippen MR) is 179 cm³/mol. The molecule has 0 saturated carbocycles. The molecule has 15 heteroatoms. The Bertz CT molecular complexity index is 1850. The van der Waals surface area contributed by atoms with Crippen molar-refractivity contribution in [3.63, 3.8) is 0 Å². The second-order valence-electron chi connectivity index (χ2n) is 10.3. The molecule has 6 rings (SSSR count). The number of rotatable bonds is 12. The first-order valence-corrected chi connectivity index (χ1v) is 16.3. The third kappa shape index (κ3) is 6.86. The Labute approximate surface area is 282 Å². The molecule has 13 nitrogen and oxygen atoms in total. The van der Waals surface area contributed by atoms with E-state index in [0.29, 0.717) is 17.7 Å². The Morgan fingerprint density at radius 3 is 2.40 bits per heavy atom. The van der Waals surface area contributed by atoms with Crippen LogP contribution in [0.3, 0.4) is 0 Å². The van der Waals surface area contributed by atoms with Crippen LogP contribution in [-0.4, -0.2) is 74.6 Å². The summed E-state index contributed by atoms with van der Waals surface area (Å²) in [4.78, 5) is 62.6. The highest BCUT2D eigenvalue weighted by Gasteiger charge is 2.56. The minimum atomic E-state index is -1.12. The molecule has 4 heterocycles. The average molecular weight is 682 g/mol. The Kier molecular flexibility index (Phi) is 9.97. The van der Waals surface area contributed by atoms with Crippen LogP contribution in [0, 0.1) is 0 Å². The van der Waals surface area contributed by atoms with Gasteiger partial charge in [0, 0.05) is 11.6 Å². The zero-order valence-corrected chi connectivity index (χ0v) is 26.8. The number of oxime groups is 1. The molecule has 2 N–H and O–H groups in total. The molecule has 3 atom stereocenters. The summed E-state index contributed by atoms with van der Waals surface area (Å²) in [5.74, 6) is -1.86. The highest BCUT2D eigenvalue weighted by molar-refractivity contribution is 8.03. The highest BCUT2D eigenvalue weighted by atomic mass is 32.2. The lowest BCUT2D eigenvalue weighted by Gasteiger charge is -2.51. The van der Waals surface area contributed by atoms with Crippen molar-refractivity contribution in [3.05, 3.63) is 124 Å². The van der Waals surface area contributed by atoms with Crippen molar-refractivity contribution in [3.8, 4) is 0 Å². The van der Waals surface area contributed by atoms with Gasteiger partial charge in [-0.2, -0.15) is 10.2 Å². The van der Waals surface area contributed by atoms with Crippen LogP contribution in [0.1, 0.15) is 28.6 Å². The zero-order chi connectivity index (χ0) is 33.5. The molecule has 0 radical (unpaired) electrons. The number of fused-ring (bicyclic) bond motifs is 1. The number of carbonyl (C=O) groups excluding carboxylic acids is 4. The van der Waals surface area contributed by atoms with Crippen LogP contribution in [0.15, 0.2) is 107 Å². The van der Waals surface area contributed by atoms with Gasteiger partial charge in [-0.1, -0.05) is 71.9 Å². The van der Waals surface area contributed by atoms with E-state index >= 15 is 0 Å². The van der Waals surface area contributed by atoms with E-state index in [-0.39, 0.29) is 16.5 Å². The van der Waals surface area contributed by atoms with E-state index in [2.05, 4.69) is 31.0 Å². The summed E-state index contributed by atoms with van der Waals surface area (Å²) >= 11 is 2.36. The molecular weight excluding hydrogens is 655 g/mol. The van der Waals surface area contributed by atoms with Gasteiger partial charge in [-0.25, -0.2) is 9.78 Å². The fraction of sp³-hybridized carbons (Fsp3) is 0.152. The smallest absolute Gasteiger partial charge is 0.334 e. The molecule has 2 unspecified atom stereocenters.